The molecular formula is C18H21Br2NO2. The molecule has 0 spiro atoms. The first-order valence-corrected chi connectivity index (χ1v) is 9.11. The van der Waals surface area contributed by atoms with Crippen LogP contribution in [0.15, 0.2) is 45.3 Å². The number of benzene rings is 2. The molecule has 1 N–H and O–H groups in total. The molecule has 3 nitrogen and oxygen atoms in total. The van der Waals surface area contributed by atoms with Gasteiger partial charge in [-0.3, -0.25) is 0 Å². The van der Waals surface area contributed by atoms with Gasteiger partial charge in [0.25, 0.3) is 0 Å². The van der Waals surface area contributed by atoms with Gasteiger partial charge in [0.15, 0.2) is 11.5 Å². The van der Waals surface area contributed by atoms with Crippen LogP contribution in [0.4, 0.5) is 0 Å². The van der Waals surface area contributed by atoms with Crippen LogP contribution in [0.2, 0.25) is 0 Å². The lowest BCUT2D eigenvalue weighted by atomic mass is 10.1. The van der Waals surface area contributed by atoms with Crippen LogP contribution in [-0.4, -0.2) is 13.7 Å². The van der Waals surface area contributed by atoms with Crippen molar-refractivity contribution in [2.45, 2.75) is 26.4 Å². The van der Waals surface area contributed by atoms with Crippen LogP contribution in [0, 0.1) is 0 Å². The first-order valence-electron chi connectivity index (χ1n) is 7.53. The monoisotopic (exact) mass is 441 g/mol. The summed E-state index contributed by atoms with van der Waals surface area (Å²) in [4.78, 5) is 0. The molecule has 1 atom stereocenters. The van der Waals surface area contributed by atoms with Crippen LogP contribution in [0.1, 0.15) is 31.0 Å². The number of ether oxygens (including phenoxy) is 2. The van der Waals surface area contributed by atoms with E-state index in [2.05, 4.69) is 68.4 Å². The Bertz CT molecular complexity index is 661. The number of nitrogens with one attached hydrogen (secondary N) is 1. The largest absolute Gasteiger partial charge is 0.492 e. The Morgan fingerprint density at radius 3 is 2.61 bits per heavy atom. The van der Waals surface area contributed by atoms with E-state index in [0.717, 1.165) is 32.6 Å². The fraction of sp³-hybridized carbons (Fsp3) is 0.333. The number of rotatable bonds is 7. The molecule has 0 saturated carbocycles. The fourth-order valence-electron chi connectivity index (χ4n) is 2.35. The second-order valence-electron chi connectivity index (χ2n) is 5.20. The standard InChI is InChI=1S/C18H21Br2NO2/c1-4-23-17-9-13(8-16(20)18(17)22-3)11-21-12(2)14-6-5-7-15(19)10-14/h5-10,12,21H,4,11H2,1-3H3. The first-order chi connectivity index (χ1) is 11.0. The highest BCUT2D eigenvalue weighted by Gasteiger charge is 2.12. The van der Waals surface area contributed by atoms with Crippen molar-refractivity contribution in [3.8, 4) is 11.5 Å². The second kappa shape index (κ2) is 8.71. The number of halogens is 2. The molecule has 0 heterocycles. The third-order valence-corrected chi connectivity index (χ3v) is 4.62. The lowest BCUT2D eigenvalue weighted by Crippen LogP contribution is -2.18. The van der Waals surface area contributed by atoms with Gasteiger partial charge < -0.3 is 14.8 Å². The first kappa shape index (κ1) is 18.3. The van der Waals surface area contributed by atoms with Gasteiger partial charge in [-0.25, -0.2) is 0 Å². The molecule has 1 unspecified atom stereocenters. The van der Waals surface area contributed by atoms with Crippen molar-refractivity contribution in [1.82, 2.24) is 5.32 Å². The van der Waals surface area contributed by atoms with E-state index in [-0.39, 0.29) is 6.04 Å². The lowest BCUT2D eigenvalue weighted by molar-refractivity contribution is 0.309. The number of hydrogen-bond acceptors (Lipinski definition) is 3. The summed E-state index contributed by atoms with van der Waals surface area (Å²) in [7, 11) is 1.65. The van der Waals surface area contributed by atoms with Crippen LogP contribution < -0.4 is 14.8 Å². The Morgan fingerprint density at radius 2 is 1.96 bits per heavy atom. The molecule has 2 aromatic carbocycles. The zero-order valence-corrected chi connectivity index (χ0v) is 16.7. The van der Waals surface area contributed by atoms with Crippen molar-refractivity contribution in [3.05, 3.63) is 56.5 Å². The molecule has 0 radical (unpaired) electrons. The summed E-state index contributed by atoms with van der Waals surface area (Å²) in [6, 6.07) is 12.7. The van der Waals surface area contributed by atoms with Gasteiger partial charge in [0.2, 0.25) is 0 Å². The molecule has 0 aliphatic rings. The van der Waals surface area contributed by atoms with E-state index < -0.39 is 0 Å². The van der Waals surface area contributed by atoms with Crippen molar-refractivity contribution in [2.24, 2.45) is 0 Å². The molecule has 0 aliphatic carbocycles. The van der Waals surface area contributed by atoms with Gasteiger partial charge in [0, 0.05) is 17.1 Å². The molecule has 0 fully saturated rings. The van der Waals surface area contributed by atoms with E-state index in [1.807, 2.05) is 19.1 Å². The molecule has 5 heteroatoms. The summed E-state index contributed by atoms with van der Waals surface area (Å²) >= 11 is 7.06. The van der Waals surface area contributed by atoms with E-state index in [4.69, 9.17) is 9.47 Å². The number of methoxy groups -OCH3 is 1. The number of hydrogen-bond donors (Lipinski definition) is 1. The van der Waals surface area contributed by atoms with Crippen molar-refractivity contribution in [3.63, 3.8) is 0 Å². The summed E-state index contributed by atoms with van der Waals surface area (Å²) in [5.74, 6) is 1.49. The van der Waals surface area contributed by atoms with Crippen molar-refractivity contribution >= 4 is 31.9 Å². The van der Waals surface area contributed by atoms with Crippen molar-refractivity contribution < 1.29 is 9.47 Å². The Kier molecular flexibility index (Phi) is 6.93. The van der Waals surface area contributed by atoms with E-state index in [1.165, 1.54) is 5.56 Å². The molecule has 0 aliphatic heterocycles. The molecule has 124 valence electrons. The molecule has 2 rings (SSSR count). The van der Waals surface area contributed by atoms with Crippen molar-refractivity contribution in [2.75, 3.05) is 13.7 Å². The quantitative estimate of drug-likeness (QED) is 0.616. The van der Waals surface area contributed by atoms with E-state index in [9.17, 15) is 0 Å². The Hall–Kier alpha value is -1.04. The second-order valence-corrected chi connectivity index (χ2v) is 6.97. The zero-order valence-electron chi connectivity index (χ0n) is 13.5. The van der Waals surface area contributed by atoms with Gasteiger partial charge in [0.05, 0.1) is 18.2 Å². The topological polar surface area (TPSA) is 30.5 Å². The van der Waals surface area contributed by atoms with E-state index in [1.54, 1.807) is 7.11 Å². The third-order valence-electron chi connectivity index (χ3n) is 3.53. The van der Waals surface area contributed by atoms with Gasteiger partial charge in [-0.05, 0) is 65.2 Å². The molecule has 0 aromatic heterocycles. The minimum Gasteiger partial charge on any atom is -0.492 e. The van der Waals surface area contributed by atoms with Gasteiger partial charge in [-0.2, -0.15) is 0 Å². The Morgan fingerprint density at radius 1 is 1.17 bits per heavy atom. The SMILES string of the molecule is CCOc1cc(CNC(C)c2cccc(Br)c2)cc(Br)c1OC. The van der Waals surface area contributed by atoms with Crippen LogP contribution >= 0.6 is 31.9 Å². The molecular weight excluding hydrogens is 422 g/mol. The minimum absolute atomic E-state index is 0.254. The highest BCUT2D eigenvalue weighted by Crippen LogP contribution is 2.36. The fourth-order valence-corrected chi connectivity index (χ4v) is 3.42. The van der Waals surface area contributed by atoms with Gasteiger partial charge in [0.1, 0.15) is 0 Å². The molecule has 2 aromatic rings. The average Bonchev–Trinajstić information content (AvgIpc) is 2.53. The Labute approximate surface area is 154 Å². The lowest BCUT2D eigenvalue weighted by Gasteiger charge is -2.17. The van der Waals surface area contributed by atoms with Crippen molar-refractivity contribution in [1.29, 1.82) is 0 Å². The summed E-state index contributed by atoms with van der Waals surface area (Å²) < 4.78 is 13.1. The highest BCUT2D eigenvalue weighted by molar-refractivity contribution is 9.10. The molecule has 0 saturated heterocycles. The predicted octanol–water partition coefficient (Wildman–Crippen LogP) is 5.47. The molecule has 23 heavy (non-hydrogen) atoms. The van der Waals surface area contributed by atoms with Gasteiger partial charge >= 0.3 is 0 Å². The summed E-state index contributed by atoms with van der Waals surface area (Å²) in [5, 5.41) is 3.54. The maximum absolute atomic E-state index is 5.67. The van der Waals surface area contributed by atoms with Crippen LogP contribution in [0.5, 0.6) is 11.5 Å². The van der Waals surface area contributed by atoms with Crippen LogP contribution in [-0.2, 0) is 6.54 Å². The van der Waals surface area contributed by atoms with Gasteiger partial charge in [-0.1, -0.05) is 28.1 Å². The average molecular weight is 443 g/mol. The normalized spacial score (nSPS) is 12.0. The smallest absolute Gasteiger partial charge is 0.174 e. The maximum atomic E-state index is 5.67. The highest BCUT2D eigenvalue weighted by atomic mass is 79.9. The molecule has 0 bridgehead atoms. The van der Waals surface area contributed by atoms with Crippen LogP contribution in [0.25, 0.3) is 0 Å². The molecule has 0 amide bonds. The summed E-state index contributed by atoms with van der Waals surface area (Å²) in [6.07, 6.45) is 0. The van der Waals surface area contributed by atoms with Crippen LogP contribution in [0.3, 0.4) is 0 Å². The van der Waals surface area contributed by atoms with Gasteiger partial charge in [-0.15, -0.1) is 0 Å². The summed E-state index contributed by atoms with van der Waals surface area (Å²) in [5.41, 5.74) is 2.39. The predicted molar refractivity (Wildman–Crippen MR) is 101 cm³/mol. The Balaban J connectivity index is 2.11. The summed E-state index contributed by atoms with van der Waals surface area (Å²) in [6.45, 7) is 5.47. The maximum Gasteiger partial charge on any atom is 0.174 e. The third kappa shape index (κ3) is 4.96. The van der Waals surface area contributed by atoms with E-state index in [0.29, 0.717) is 6.61 Å². The zero-order chi connectivity index (χ0) is 16.8. The van der Waals surface area contributed by atoms with E-state index >= 15 is 0 Å². The minimum atomic E-state index is 0.254.